The molecule has 0 saturated heterocycles. The Kier molecular flexibility index (Phi) is 4.04. The van der Waals surface area contributed by atoms with E-state index < -0.39 is 11.7 Å². The molecule has 0 atom stereocenters. The molecule has 0 radical (unpaired) electrons. The van der Waals surface area contributed by atoms with Crippen molar-refractivity contribution in [2.45, 2.75) is 44.8 Å². The maximum absolute atomic E-state index is 12.5. The van der Waals surface area contributed by atoms with Crippen molar-refractivity contribution < 1.29 is 13.2 Å². The van der Waals surface area contributed by atoms with Gasteiger partial charge >= 0.3 is 6.18 Å². The van der Waals surface area contributed by atoms with Crippen LogP contribution < -0.4 is 0 Å². The molecule has 1 saturated carbocycles. The van der Waals surface area contributed by atoms with Gasteiger partial charge < -0.3 is 0 Å². The Morgan fingerprint density at radius 1 is 1.28 bits per heavy atom. The highest BCUT2D eigenvalue weighted by molar-refractivity contribution is 9.09. The number of rotatable bonds is 3. The Morgan fingerprint density at radius 3 is 2.44 bits per heavy atom. The molecule has 1 heterocycles. The molecule has 18 heavy (non-hydrogen) atoms. The smallest absolute Gasteiger partial charge is 0.272 e. The summed E-state index contributed by atoms with van der Waals surface area (Å²) in [6.45, 7) is 0.564. The lowest BCUT2D eigenvalue weighted by atomic mass is 9.76. The third-order valence-corrected chi connectivity index (χ3v) is 4.85. The fourth-order valence-corrected chi connectivity index (χ4v) is 3.31. The second kappa shape index (κ2) is 5.23. The third kappa shape index (κ3) is 3.08. The predicted octanol–water partition coefficient (Wildman–Crippen LogP) is 4.25. The number of aromatic nitrogens is 2. The van der Waals surface area contributed by atoms with Crippen LogP contribution in [0.15, 0.2) is 12.4 Å². The van der Waals surface area contributed by atoms with Gasteiger partial charge in [0.05, 0.1) is 11.8 Å². The zero-order chi connectivity index (χ0) is 13.2. The fourth-order valence-electron chi connectivity index (χ4n) is 2.58. The maximum Gasteiger partial charge on any atom is 0.419 e. The van der Waals surface area contributed by atoms with Gasteiger partial charge in [-0.3, -0.25) is 4.68 Å². The van der Waals surface area contributed by atoms with Gasteiger partial charge in [-0.05, 0) is 18.3 Å². The summed E-state index contributed by atoms with van der Waals surface area (Å²) in [4.78, 5) is 0. The van der Waals surface area contributed by atoms with Gasteiger partial charge in [0, 0.05) is 18.1 Å². The zero-order valence-corrected chi connectivity index (χ0v) is 11.6. The monoisotopic (exact) mass is 324 g/mol. The highest BCUT2D eigenvalue weighted by Gasteiger charge is 2.35. The molecule has 1 aliphatic rings. The molecular formula is C12H16BrF3N2. The van der Waals surface area contributed by atoms with Crippen molar-refractivity contribution in [1.82, 2.24) is 9.78 Å². The zero-order valence-electron chi connectivity index (χ0n) is 10.0. The summed E-state index contributed by atoms with van der Waals surface area (Å²) in [5, 5.41) is 4.67. The van der Waals surface area contributed by atoms with Gasteiger partial charge in [-0.1, -0.05) is 35.2 Å². The van der Waals surface area contributed by atoms with Crippen LogP contribution in [0.1, 0.15) is 37.7 Å². The van der Waals surface area contributed by atoms with Crippen molar-refractivity contribution in [3.05, 3.63) is 18.0 Å². The molecule has 0 aromatic carbocycles. The summed E-state index contributed by atoms with van der Waals surface area (Å²) in [6.07, 6.45) is 3.36. The van der Waals surface area contributed by atoms with Gasteiger partial charge in [0.1, 0.15) is 0 Å². The first-order valence-corrected chi connectivity index (χ1v) is 7.23. The molecule has 102 valence electrons. The van der Waals surface area contributed by atoms with Crippen molar-refractivity contribution in [2.75, 3.05) is 5.33 Å². The first kappa shape index (κ1) is 13.9. The first-order valence-electron chi connectivity index (χ1n) is 6.11. The maximum atomic E-state index is 12.5. The number of halogens is 4. The topological polar surface area (TPSA) is 17.8 Å². The molecule has 0 bridgehead atoms. The number of hydrogen-bond acceptors (Lipinski definition) is 1. The van der Waals surface area contributed by atoms with E-state index in [9.17, 15) is 13.2 Å². The van der Waals surface area contributed by atoms with Crippen molar-refractivity contribution in [1.29, 1.82) is 0 Å². The van der Waals surface area contributed by atoms with Crippen molar-refractivity contribution in [2.24, 2.45) is 5.41 Å². The van der Waals surface area contributed by atoms with Gasteiger partial charge in [-0.15, -0.1) is 0 Å². The lowest BCUT2D eigenvalue weighted by Crippen LogP contribution is -2.31. The van der Waals surface area contributed by atoms with E-state index in [1.165, 1.54) is 11.1 Å². The predicted molar refractivity (Wildman–Crippen MR) is 66.5 cm³/mol. The molecule has 2 nitrogen and oxygen atoms in total. The molecule has 1 fully saturated rings. The number of hydrogen-bond donors (Lipinski definition) is 0. The fraction of sp³-hybridized carbons (Fsp3) is 0.750. The van der Waals surface area contributed by atoms with Gasteiger partial charge in [-0.25, -0.2) is 0 Å². The van der Waals surface area contributed by atoms with Crippen LogP contribution in [0.25, 0.3) is 0 Å². The van der Waals surface area contributed by atoms with E-state index in [0.717, 1.165) is 43.4 Å². The molecular weight excluding hydrogens is 309 g/mol. The van der Waals surface area contributed by atoms with Gasteiger partial charge in [-0.2, -0.15) is 18.3 Å². The standard InChI is InChI=1S/C12H16BrF3N2/c13-8-11(4-2-1-3-5-11)9-18-7-10(6-17-18)12(14,15)16/h6-7H,1-5,8-9H2. The van der Waals surface area contributed by atoms with Crippen molar-refractivity contribution in [3.8, 4) is 0 Å². The first-order chi connectivity index (χ1) is 8.45. The summed E-state index contributed by atoms with van der Waals surface area (Å²) in [7, 11) is 0. The van der Waals surface area contributed by atoms with Crippen LogP contribution in [-0.2, 0) is 12.7 Å². The Bertz CT molecular complexity index is 394. The Hall–Kier alpha value is -0.520. The minimum Gasteiger partial charge on any atom is -0.272 e. The van der Waals surface area contributed by atoms with E-state index in [-0.39, 0.29) is 5.41 Å². The second-order valence-electron chi connectivity index (χ2n) is 5.12. The van der Waals surface area contributed by atoms with E-state index in [4.69, 9.17) is 0 Å². The van der Waals surface area contributed by atoms with E-state index >= 15 is 0 Å². The van der Waals surface area contributed by atoms with Gasteiger partial charge in [0.15, 0.2) is 0 Å². The number of alkyl halides is 4. The largest absolute Gasteiger partial charge is 0.419 e. The van der Waals surface area contributed by atoms with E-state index in [0.29, 0.717) is 6.54 Å². The lowest BCUT2D eigenvalue weighted by molar-refractivity contribution is -0.137. The number of nitrogens with zero attached hydrogens (tertiary/aromatic N) is 2. The molecule has 0 spiro atoms. The van der Waals surface area contributed by atoms with Crippen molar-refractivity contribution >= 4 is 15.9 Å². The average molecular weight is 325 g/mol. The summed E-state index contributed by atoms with van der Waals surface area (Å²) < 4.78 is 38.9. The van der Waals surface area contributed by atoms with E-state index in [2.05, 4.69) is 21.0 Å². The summed E-state index contributed by atoms with van der Waals surface area (Å²) in [5.74, 6) is 0. The molecule has 0 unspecified atom stereocenters. The second-order valence-corrected chi connectivity index (χ2v) is 5.68. The normalized spacial score (nSPS) is 20.0. The minimum atomic E-state index is -4.30. The SMILES string of the molecule is FC(F)(F)c1cnn(CC2(CBr)CCCCC2)c1. The average Bonchev–Trinajstić information content (AvgIpc) is 2.78. The minimum absolute atomic E-state index is 0.0626. The molecule has 1 aromatic heterocycles. The van der Waals surface area contributed by atoms with Crippen LogP contribution in [0.3, 0.4) is 0 Å². The highest BCUT2D eigenvalue weighted by atomic mass is 79.9. The van der Waals surface area contributed by atoms with Crippen LogP contribution in [0.2, 0.25) is 0 Å². The Labute approximate surface area is 113 Å². The molecule has 1 aromatic rings. The van der Waals surface area contributed by atoms with E-state index in [1.54, 1.807) is 0 Å². The third-order valence-electron chi connectivity index (χ3n) is 3.66. The molecule has 1 aliphatic carbocycles. The van der Waals surface area contributed by atoms with E-state index in [1.807, 2.05) is 0 Å². The van der Waals surface area contributed by atoms with Crippen molar-refractivity contribution in [3.63, 3.8) is 0 Å². The van der Waals surface area contributed by atoms with Crippen LogP contribution in [0.4, 0.5) is 13.2 Å². The molecule has 0 aliphatic heterocycles. The van der Waals surface area contributed by atoms with Crippen LogP contribution in [-0.4, -0.2) is 15.1 Å². The Morgan fingerprint density at radius 2 is 1.94 bits per heavy atom. The summed E-state index contributed by atoms with van der Waals surface area (Å²) in [5.41, 5.74) is -0.601. The molecule has 6 heteroatoms. The molecule has 2 rings (SSSR count). The molecule has 0 amide bonds. The molecule has 0 N–H and O–H groups in total. The van der Waals surface area contributed by atoms with Crippen LogP contribution in [0.5, 0.6) is 0 Å². The quantitative estimate of drug-likeness (QED) is 0.760. The van der Waals surface area contributed by atoms with Gasteiger partial charge in [0.2, 0.25) is 0 Å². The Balaban J connectivity index is 2.10. The summed E-state index contributed by atoms with van der Waals surface area (Å²) >= 11 is 3.51. The van der Waals surface area contributed by atoms with Gasteiger partial charge in [0.25, 0.3) is 0 Å². The highest BCUT2D eigenvalue weighted by Crippen LogP contribution is 2.39. The van der Waals surface area contributed by atoms with Crippen LogP contribution >= 0.6 is 15.9 Å². The van der Waals surface area contributed by atoms with Crippen LogP contribution in [0, 0.1) is 5.41 Å². The lowest BCUT2D eigenvalue weighted by Gasteiger charge is -2.35. The summed E-state index contributed by atoms with van der Waals surface area (Å²) in [6, 6.07) is 0.